The molecular formula is C29H32N4O. The minimum absolute atomic E-state index is 0.0541. The number of nitrogens with two attached hydrogens (primary N) is 1. The molecular weight excluding hydrogens is 420 g/mol. The molecule has 1 heterocycles. The second-order valence-electron chi connectivity index (χ2n) is 10.4. The quantitative estimate of drug-likeness (QED) is 0.491. The maximum Gasteiger partial charge on any atom is 0.115 e. The number of nitrogens with zero attached hydrogens (tertiary/aromatic N) is 2. The third-order valence-electron chi connectivity index (χ3n) is 8.38. The predicted octanol–water partition coefficient (Wildman–Crippen LogP) is 4.90. The number of fused-ring (bicyclic) bond motifs is 4. The van der Waals surface area contributed by atoms with Crippen LogP contribution in [0.2, 0.25) is 0 Å². The first-order valence-corrected chi connectivity index (χ1v) is 12.4. The molecule has 0 aliphatic heterocycles. The summed E-state index contributed by atoms with van der Waals surface area (Å²) in [6.45, 7) is 1.99. The molecule has 2 aromatic carbocycles. The zero-order chi connectivity index (χ0) is 23.3. The second-order valence-corrected chi connectivity index (χ2v) is 10.4. The number of rotatable bonds is 4. The molecule has 34 heavy (non-hydrogen) atoms. The van der Waals surface area contributed by atoms with Gasteiger partial charge in [-0.05, 0) is 86.3 Å². The molecule has 5 heteroatoms. The number of anilines is 2. The molecule has 0 radical (unpaired) electrons. The van der Waals surface area contributed by atoms with Crippen molar-refractivity contribution in [3.05, 3.63) is 94.6 Å². The van der Waals surface area contributed by atoms with Crippen LogP contribution in [0, 0.1) is 6.92 Å². The fraction of sp³-hybridized carbons (Fsp3) is 0.379. The van der Waals surface area contributed by atoms with Crippen LogP contribution in [0.3, 0.4) is 0 Å². The van der Waals surface area contributed by atoms with Crippen molar-refractivity contribution in [3.8, 4) is 0 Å². The smallest absolute Gasteiger partial charge is 0.115 e. The summed E-state index contributed by atoms with van der Waals surface area (Å²) in [5.74, 6) is 0. The van der Waals surface area contributed by atoms with E-state index in [1.165, 1.54) is 27.8 Å². The highest BCUT2D eigenvalue weighted by Crippen LogP contribution is 2.57. The van der Waals surface area contributed by atoms with Crippen LogP contribution in [0.5, 0.6) is 0 Å². The molecule has 3 atom stereocenters. The molecule has 0 bridgehead atoms. The largest absolute Gasteiger partial charge is 0.393 e. The van der Waals surface area contributed by atoms with E-state index in [4.69, 9.17) is 5.73 Å². The van der Waals surface area contributed by atoms with Crippen LogP contribution >= 0.6 is 0 Å². The van der Waals surface area contributed by atoms with Gasteiger partial charge >= 0.3 is 0 Å². The average molecular weight is 453 g/mol. The number of benzene rings is 2. The van der Waals surface area contributed by atoms with Crippen LogP contribution in [0.4, 0.5) is 11.4 Å². The monoisotopic (exact) mass is 452 g/mol. The molecule has 2 unspecified atom stereocenters. The van der Waals surface area contributed by atoms with E-state index in [1.807, 2.05) is 13.1 Å². The van der Waals surface area contributed by atoms with Crippen molar-refractivity contribution in [1.82, 2.24) is 9.97 Å². The number of hydrogen-bond acceptors (Lipinski definition) is 5. The Labute approximate surface area is 201 Å². The normalized spacial score (nSPS) is 27.7. The molecule has 3 aliphatic carbocycles. The van der Waals surface area contributed by atoms with Crippen LogP contribution < -0.4 is 11.1 Å². The van der Waals surface area contributed by atoms with Crippen molar-refractivity contribution < 1.29 is 5.11 Å². The Bertz CT molecular complexity index is 1270. The van der Waals surface area contributed by atoms with Gasteiger partial charge < -0.3 is 16.2 Å². The fourth-order valence-electron chi connectivity index (χ4n) is 6.80. The van der Waals surface area contributed by atoms with Gasteiger partial charge in [0.2, 0.25) is 0 Å². The van der Waals surface area contributed by atoms with Gasteiger partial charge in [-0.2, -0.15) is 0 Å². The molecule has 1 saturated carbocycles. The number of aliphatic hydroxyl groups excluding tert-OH is 1. The Morgan fingerprint density at radius 1 is 1.09 bits per heavy atom. The highest BCUT2D eigenvalue weighted by Gasteiger charge is 2.52. The van der Waals surface area contributed by atoms with E-state index in [1.54, 1.807) is 6.33 Å². The molecule has 4 N–H and O–H groups in total. The van der Waals surface area contributed by atoms with Gasteiger partial charge in [-0.15, -0.1) is 0 Å². The average Bonchev–Trinajstić information content (AvgIpc) is 3.15. The topological polar surface area (TPSA) is 84.1 Å². The summed E-state index contributed by atoms with van der Waals surface area (Å²) in [6.07, 6.45) is 9.45. The van der Waals surface area contributed by atoms with E-state index in [0.29, 0.717) is 6.42 Å². The Kier molecular flexibility index (Phi) is 5.08. The van der Waals surface area contributed by atoms with Gasteiger partial charge in [0.15, 0.2) is 0 Å². The lowest BCUT2D eigenvalue weighted by Gasteiger charge is -2.50. The SMILES string of the molecule is Cc1ncncc1Nc1ccc2c(c1)CCC1=C3CC(O)C[C@]3(N)CCC12Cc1ccccc1. The lowest BCUT2D eigenvalue weighted by atomic mass is 9.55. The Morgan fingerprint density at radius 3 is 2.76 bits per heavy atom. The minimum Gasteiger partial charge on any atom is -0.393 e. The molecule has 3 aromatic rings. The van der Waals surface area contributed by atoms with Crippen LogP contribution in [-0.2, 0) is 18.3 Å². The number of hydrogen-bond donors (Lipinski definition) is 3. The van der Waals surface area contributed by atoms with E-state index < -0.39 is 0 Å². The Morgan fingerprint density at radius 2 is 1.94 bits per heavy atom. The molecule has 1 aromatic heterocycles. The first-order valence-electron chi connectivity index (χ1n) is 12.4. The van der Waals surface area contributed by atoms with Gasteiger partial charge in [-0.1, -0.05) is 42.0 Å². The Balaban J connectivity index is 1.46. The zero-order valence-electron chi connectivity index (χ0n) is 19.7. The lowest BCUT2D eigenvalue weighted by molar-refractivity contribution is 0.171. The summed E-state index contributed by atoms with van der Waals surface area (Å²) >= 11 is 0. The number of aliphatic hydroxyl groups is 1. The van der Waals surface area contributed by atoms with Crippen LogP contribution in [0.25, 0.3) is 0 Å². The number of aromatic nitrogens is 2. The van der Waals surface area contributed by atoms with Crippen molar-refractivity contribution in [2.75, 3.05) is 5.32 Å². The molecule has 5 nitrogen and oxygen atoms in total. The molecule has 0 spiro atoms. The van der Waals surface area contributed by atoms with E-state index >= 15 is 0 Å². The molecule has 0 amide bonds. The highest BCUT2D eigenvalue weighted by molar-refractivity contribution is 5.64. The molecule has 1 fully saturated rings. The maximum atomic E-state index is 10.6. The summed E-state index contributed by atoms with van der Waals surface area (Å²) in [6, 6.07) is 17.7. The van der Waals surface area contributed by atoms with Crippen molar-refractivity contribution in [2.45, 2.75) is 68.9 Å². The third-order valence-corrected chi connectivity index (χ3v) is 8.38. The molecule has 0 saturated heterocycles. The van der Waals surface area contributed by atoms with E-state index in [9.17, 15) is 5.11 Å². The number of nitrogens with one attached hydrogen (secondary N) is 1. The summed E-state index contributed by atoms with van der Waals surface area (Å²) in [5, 5.41) is 14.1. The van der Waals surface area contributed by atoms with Crippen molar-refractivity contribution in [2.24, 2.45) is 5.73 Å². The van der Waals surface area contributed by atoms with Crippen molar-refractivity contribution in [3.63, 3.8) is 0 Å². The first-order chi connectivity index (χ1) is 16.5. The third kappa shape index (κ3) is 3.46. The molecule has 6 rings (SSSR count). The summed E-state index contributed by atoms with van der Waals surface area (Å²) in [4.78, 5) is 8.48. The highest BCUT2D eigenvalue weighted by atomic mass is 16.3. The van der Waals surface area contributed by atoms with Crippen LogP contribution in [-0.4, -0.2) is 26.7 Å². The van der Waals surface area contributed by atoms with Gasteiger partial charge in [0.05, 0.1) is 23.7 Å². The van der Waals surface area contributed by atoms with E-state index in [2.05, 4.69) is 63.8 Å². The van der Waals surface area contributed by atoms with Crippen molar-refractivity contribution >= 4 is 11.4 Å². The summed E-state index contributed by atoms with van der Waals surface area (Å²) in [5.41, 5.74) is 16.5. The number of aryl methyl sites for hydroxylation is 2. The maximum absolute atomic E-state index is 10.6. The predicted molar refractivity (Wildman–Crippen MR) is 135 cm³/mol. The zero-order valence-corrected chi connectivity index (χ0v) is 19.7. The summed E-state index contributed by atoms with van der Waals surface area (Å²) < 4.78 is 0. The van der Waals surface area contributed by atoms with Gasteiger partial charge in [0, 0.05) is 16.6 Å². The standard InChI is InChI=1S/C29H32N4O/c1-19-27(17-31-18-32-19)33-22-8-10-24-21(13-22)7-9-25-26-14-23(34)16-29(26,30)12-11-28(24,25)15-20-5-3-2-4-6-20/h2-6,8,10,13,17-18,23,33-34H,7,9,11-12,14-16,30H2,1H3/t23?,28?,29-/m1/s1. The number of allylic oxidation sites excluding steroid dienone is 1. The van der Waals surface area contributed by atoms with Crippen molar-refractivity contribution in [1.29, 1.82) is 0 Å². The van der Waals surface area contributed by atoms with Gasteiger partial charge in [-0.25, -0.2) is 9.97 Å². The first kappa shape index (κ1) is 21.5. The minimum atomic E-state index is -0.335. The van der Waals surface area contributed by atoms with Gasteiger partial charge in [-0.3, -0.25) is 0 Å². The van der Waals surface area contributed by atoms with Gasteiger partial charge in [0.1, 0.15) is 6.33 Å². The Hall–Kier alpha value is -3.02. The van der Waals surface area contributed by atoms with E-state index in [-0.39, 0.29) is 17.1 Å². The molecule has 174 valence electrons. The second kappa shape index (κ2) is 8.03. The molecule has 3 aliphatic rings. The van der Waals surface area contributed by atoms with Crippen LogP contribution in [0.1, 0.15) is 54.5 Å². The van der Waals surface area contributed by atoms with E-state index in [0.717, 1.165) is 55.6 Å². The fourth-order valence-corrected chi connectivity index (χ4v) is 6.80. The summed E-state index contributed by atoms with van der Waals surface area (Å²) in [7, 11) is 0. The van der Waals surface area contributed by atoms with Crippen LogP contribution in [0.15, 0.2) is 72.2 Å². The van der Waals surface area contributed by atoms with Gasteiger partial charge in [0.25, 0.3) is 0 Å². The lowest BCUT2D eigenvalue weighted by Crippen LogP contribution is -2.49.